The average molecular weight is 748 g/mol. The Morgan fingerprint density at radius 1 is 0.517 bits per heavy atom. The lowest BCUT2D eigenvalue weighted by atomic mass is 9.43. The number of ether oxygens (including phenoxy) is 1. The first-order chi connectivity index (χ1) is 28.7. The fraction of sp³-hybridized carbons (Fsp3) is 0.214. The van der Waals surface area contributed by atoms with Crippen LogP contribution in [0.4, 0.5) is 11.4 Å². The number of anilines is 2. The number of hydrogen-bond acceptors (Lipinski definition) is 2. The van der Waals surface area contributed by atoms with Gasteiger partial charge in [0.1, 0.15) is 11.9 Å². The van der Waals surface area contributed by atoms with Crippen molar-refractivity contribution in [3.63, 3.8) is 0 Å². The second-order valence-corrected chi connectivity index (χ2v) is 18.0. The van der Waals surface area contributed by atoms with Gasteiger partial charge in [-0.05, 0) is 154 Å². The SMILES string of the molecule is C1=CC2Oc3ccccc3C2C=C1N(c1ccc(-c2ccccc2)cc1)c1ccc(-c2ccc3c(c2)C2(c4ccccc4-3)C3CC4CC(C3)CC2C4)c2ccccc12. The number of nitrogens with zero attached hydrogens (tertiary/aromatic N) is 1. The minimum Gasteiger partial charge on any atom is -0.485 e. The molecule has 0 radical (unpaired) electrons. The zero-order chi connectivity index (χ0) is 38.0. The smallest absolute Gasteiger partial charge is 0.128 e. The van der Waals surface area contributed by atoms with E-state index >= 15 is 0 Å². The van der Waals surface area contributed by atoms with Crippen LogP contribution in [0.15, 0.2) is 182 Å². The van der Waals surface area contributed by atoms with Gasteiger partial charge in [0.15, 0.2) is 0 Å². The van der Waals surface area contributed by atoms with Crippen LogP contribution in [0, 0.1) is 23.7 Å². The van der Waals surface area contributed by atoms with E-state index in [1.54, 1.807) is 11.1 Å². The van der Waals surface area contributed by atoms with Crippen molar-refractivity contribution in [2.45, 2.75) is 49.5 Å². The summed E-state index contributed by atoms with van der Waals surface area (Å²) in [6.45, 7) is 0. The van der Waals surface area contributed by atoms with E-state index in [-0.39, 0.29) is 17.4 Å². The lowest BCUT2D eigenvalue weighted by Crippen LogP contribution is -2.55. The molecule has 0 saturated heterocycles. The molecule has 2 nitrogen and oxygen atoms in total. The summed E-state index contributed by atoms with van der Waals surface area (Å²) >= 11 is 0. The average Bonchev–Trinajstić information content (AvgIpc) is 3.79. The van der Waals surface area contributed by atoms with E-state index in [2.05, 4.69) is 181 Å². The maximum atomic E-state index is 6.43. The normalized spacial score (nSPS) is 26.5. The number of para-hydroxylation sites is 1. The molecule has 280 valence electrons. The van der Waals surface area contributed by atoms with Crippen molar-refractivity contribution in [3.05, 3.63) is 198 Å². The number of fused-ring (bicyclic) bond motifs is 7. The van der Waals surface area contributed by atoms with Gasteiger partial charge in [0.25, 0.3) is 0 Å². The molecule has 4 fully saturated rings. The first kappa shape index (κ1) is 32.9. The topological polar surface area (TPSA) is 12.5 Å². The van der Waals surface area contributed by atoms with Gasteiger partial charge in [-0.15, -0.1) is 0 Å². The molecular formula is C56H45NO. The van der Waals surface area contributed by atoms with Crippen LogP contribution in [0.5, 0.6) is 5.75 Å². The maximum Gasteiger partial charge on any atom is 0.128 e. The number of benzene rings is 7. The highest BCUT2D eigenvalue weighted by atomic mass is 16.5. The van der Waals surface area contributed by atoms with E-state index < -0.39 is 0 Å². The first-order valence-corrected chi connectivity index (χ1v) is 21.6. The zero-order valence-electron chi connectivity index (χ0n) is 32.6. The van der Waals surface area contributed by atoms with E-state index in [0.717, 1.165) is 40.8 Å². The predicted octanol–water partition coefficient (Wildman–Crippen LogP) is 14.0. The van der Waals surface area contributed by atoms with Crippen LogP contribution in [-0.2, 0) is 5.41 Å². The molecule has 7 aliphatic rings. The molecule has 1 spiro atoms. The molecule has 1 aliphatic heterocycles. The van der Waals surface area contributed by atoms with Gasteiger partial charge in [0, 0.05) is 33.7 Å². The van der Waals surface area contributed by atoms with Gasteiger partial charge < -0.3 is 9.64 Å². The van der Waals surface area contributed by atoms with Crippen molar-refractivity contribution in [3.8, 4) is 39.1 Å². The van der Waals surface area contributed by atoms with E-state index in [9.17, 15) is 0 Å². The van der Waals surface area contributed by atoms with Crippen LogP contribution in [0.1, 0.15) is 54.7 Å². The highest BCUT2D eigenvalue weighted by Crippen LogP contribution is 2.69. The summed E-state index contributed by atoms with van der Waals surface area (Å²) in [5, 5.41) is 2.54. The third-order valence-electron chi connectivity index (χ3n) is 15.2. The van der Waals surface area contributed by atoms with Crippen molar-refractivity contribution in [1.29, 1.82) is 0 Å². The van der Waals surface area contributed by atoms with E-state index in [4.69, 9.17) is 4.74 Å². The van der Waals surface area contributed by atoms with Crippen LogP contribution in [0.3, 0.4) is 0 Å². The summed E-state index contributed by atoms with van der Waals surface area (Å²) in [6.07, 6.45) is 14.0. The minimum absolute atomic E-state index is 0.00583. The Morgan fingerprint density at radius 3 is 2.00 bits per heavy atom. The second-order valence-electron chi connectivity index (χ2n) is 18.0. The standard InChI is InChI=1S/C56H45NO/c1-2-10-37(11-3-1)38-18-21-42(22-19-38)57(43-23-27-55-50(34-43)49-15-7-9-17-54(49)58-55)53-26-25-44(45-12-4-5-14-48(45)53)39-20-24-47-46-13-6-8-16-51(46)56(52(47)33-39)40-29-35-28-36(31-40)32-41(56)30-35/h1-27,33-36,40-41,50,55H,28-32H2. The number of allylic oxidation sites excluding steroid dienone is 1. The molecule has 0 amide bonds. The largest absolute Gasteiger partial charge is 0.485 e. The third-order valence-corrected chi connectivity index (χ3v) is 15.2. The fourth-order valence-corrected chi connectivity index (χ4v) is 13.1. The molecule has 0 aromatic heterocycles. The summed E-state index contributed by atoms with van der Waals surface area (Å²) in [6, 6.07) is 59.2. The van der Waals surface area contributed by atoms with Gasteiger partial charge in [0.2, 0.25) is 0 Å². The Bertz CT molecular complexity index is 2820. The van der Waals surface area contributed by atoms with Crippen LogP contribution in [0.25, 0.3) is 44.2 Å². The summed E-state index contributed by atoms with van der Waals surface area (Å²) in [5.41, 5.74) is 16.1. The fourth-order valence-electron chi connectivity index (χ4n) is 13.1. The molecule has 4 bridgehead atoms. The van der Waals surface area contributed by atoms with Gasteiger partial charge >= 0.3 is 0 Å². The summed E-state index contributed by atoms with van der Waals surface area (Å²) < 4.78 is 6.43. The van der Waals surface area contributed by atoms with Crippen LogP contribution < -0.4 is 9.64 Å². The molecule has 14 rings (SSSR count). The quantitative estimate of drug-likeness (QED) is 0.174. The van der Waals surface area contributed by atoms with Gasteiger partial charge in [-0.3, -0.25) is 0 Å². The third kappa shape index (κ3) is 4.66. The molecule has 2 heteroatoms. The van der Waals surface area contributed by atoms with Gasteiger partial charge in [-0.1, -0.05) is 127 Å². The van der Waals surface area contributed by atoms with Crippen molar-refractivity contribution in [1.82, 2.24) is 0 Å². The van der Waals surface area contributed by atoms with E-state index in [1.807, 2.05) is 0 Å². The van der Waals surface area contributed by atoms with Crippen molar-refractivity contribution < 1.29 is 4.74 Å². The zero-order valence-corrected chi connectivity index (χ0v) is 32.6. The number of rotatable bonds is 5. The highest BCUT2D eigenvalue weighted by Gasteiger charge is 2.61. The molecule has 1 heterocycles. The van der Waals surface area contributed by atoms with Gasteiger partial charge in [0.05, 0.1) is 5.69 Å². The molecule has 7 aromatic carbocycles. The monoisotopic (exact) mass is 747 g/mol. The Kier molecular flexibility index (Phi) is 7.06. The number of hydrogen-bond donors (Lipinski definition) is 0. The Balaban J connectivity index is 0.965. The lowest BCUT2D eigenvalue weighted by Gasteiger charge is -2.61. The summed E-state index contributed by atoms with van der Waals surface area (Å²) in [5.74, 6) is 4.49. The van der Waals surface area contributed by atoms with E-state index in [1.165, 1.54) is 87.5 Å². The highest BCUT2D eigenvalue weighted by molar-refractivity contribution is 6.06. The van der Waals surface area contributed by atoms with Crippen LogP contribution in [0.2, 0.25) is 0 Å². The predicted molar refractivity (Wildman–Crippen MR) is 237 cm³/mol. The first-order valence-electron chi connectivity index (χ1n) is 21.6. The Labute approximate surface area is 341 Å². The Morgan fingerprint density at radius 2 is 1.17 bits per heavy atom. The Hall–Kier alpha value is -6.12. The molecule has 2 unspecified atom stereocenters. The molecule has 2 atom stereocenters. The molecule has 4 saturated carbocycles. The maximum absolute atomic E-state index is 6.43. The van der Waals surface area contributed by atoms with Crippen molar-refractivity contribution in [2.75, 3.05) is 4.90 Å². The molecule has 0 N–H and O–H groups in total. The lowest BCUT2D eigenvalue weighted by molar-refractivity contribution is -0.0399. The molecular weight excluding hydrogens is 703 g/mol. The second kappa shape index (κ2) is 12.4. The van der Waals surface area contributed by atoms with E-state index in [0.29, 0.717) is 0 Å². The summed E-state index contributed by atoms with van der Waals surface area (Å²) in [7, 11) is 0. The molecule has 7 aromatic rings. The molecule has 6 aliphatic carbocycles. The van der Waals surface area contributed by atoms with Gasteiger partial charge in [-0.25, -0.2) is 0 Å². The minimum atomic E-state index is 0.00583. The van der Waals surface area contributed by atoms with Crippen molar-refractivity contribution >= 4 is 22.1 Å². The van der Waals surface area contributed by atoms with Crippen molar-refractivity contribution in [2.24, 2.45) is 23.7 Å². The summed E-state index contributed by atoms with van der Waals surface area (Å²) in [4.78, 5) is 2.47. The van der Waals surface area contributed by atoms with Crippen LogP contribution in [-0.4, -0.2) is 6.10 Å². The van der Waals surface area contributed by atoms with Gasteiger partial charge in [-0.2, -0.15) is 0 Å². The molecule has 58 heavy (non-hydrogen) atoms. The van der Waals surface area contributed by atoms with Crippen LogP contribution >= 0.6 is 0 Å².